The van der Waals surface area contributed by atoms with Crippen molar-refractivity contribution in [3.63, 3.8) is 0 Å². The van der Waals surface area contributed by atoms with Gasteiger partial charge in [0.15, 0.2) is 0 Å². The fourth-order valence-corrected chi connectivity index (χ4v) is 3.57. The second-order valence-electron chi connectivity index (χ2n) is 6.01. The molecule has 0 bridgehead atoms. The van der Waals surface area contributed by atoms with Gasteiger partial charge in [-0.3, -0.25) is 0 Å². The standard InChI is InChI=1S/C14H26/c1-5-12-8-13(12)7-6-9(2)14-10(3)11(14)4/h9-14H,5-8H2,1-4H3. The molecule has 2 rings (SSSR count). The zero-order valence-electron chi connectivity index (χ0n) is 10.3. The van der Waals surface area contributed by atoms with E-state index < -0.39 is 0 Å². The molecular weight excluding hydrogens is 168 g/mol. The molecule has 0 spiro atoms. The van der Waals surface area contributed by atoms with E-state index in [4.69, 9.17) is 0 Å². The minimum atomic E-state index is 0.998. The second-order valence-corrected chi connectivity index (χ2v) is 6.01. The molecule has 0 aromatic rings. The molecule has 0 nitrogen and oxygen atoms in total. The van der Waals surface area contributed by atoms with Crippen LogP contribution >= 0.6 is 0 Å². The van der Waals surface area contributed by atoms with Crippen molar-refractivity contribution in [3.05, 3.63) is 0 Å². The molecule has 2 fully saturated rings. The molecule has 14 heavy (non-hydrogen) atoms. The van der Waals surface area contributed by atoms with Crippen molar-refractivity contribution in [2.75, 3.05) is 0 Å². The third-order valence-electron chi connectivity index (χ3n) is 5.15. The topological polar surface area (TPSA) is 0 Å². The fraction of sp³-hybridized carbons (Fsp3) is 1.00. The number of hydrogen-bond acceptors (Lipinski definition) is 0. The Balaban J connectivity index is 1.62. The predicted molar refractivity (Wildman–Crippen MR) is 62.1 cm³/mol. The molecule has 0 radical (unpaired) electrons. The lowest BCUT2D eigenvalue weighted by molar-refractivity contribution is 0.405. The van der Waals surface area contributed by atoms with Gasteiger partial charge in [-0.05, 0) is 48.3 Å². The molecule has 82 valence electrons. The fourth-order valence-electron chi connectivity index (χ4n) is 3.57. The molecule has 0 aromatic heterocycles. The average Bonchev–Trinajstić information content (AvgIpc) is 3.03. The first-order chi connectivity index (χ1) is 6.65. The van der Waals surface area contributed by atoms with Gasteiger partial charge in [-0.25, -0.2) is 0 Å². The van der Waals surface area contributed by atoms with Crippen molar-refractivity contribution in [1.29, 1.82) is 0 Å². The maximum atomic E-state index is 2.48. The predicted octanol–water partition coefficient (Wildman–Crippen LogP) is 4.35. The summed E-state index contributed by atoms with van der Waals surface area (Å²) in [5, 5.41) is 0. The van der Waals surface area contributed by atoms with Crippen molar-refractivity contribution >= 4 is 0 Å². The quantitative estimate of drug-likeness (QED) is 0.610. The summed E-state index contributed by atoms with van der Waals surface area (Å²) < 4.78 is 0. The third-order valence-corrected chi connectivity index (χ3v) is 5.15. The Kier molecular flexibility index (Phi) is 2.91. The second kappa shape index (κ2) is 3.87. The van der Waals surface area contributed by atoms with Crippen molar-refractivity contribution in [2.45, 2.75) is 53.4 Å². The summed E-state index contributed by atoms with van der Waals surface area (Å²) >= 11 is 0. The lowest BCUT2D eigenvalue weighted by atomic mass is 9.96. The summed E-state index contributed by atoms with van der Waals surface area (Å²) in [6, 6.07) is 0. The first-order valence-corrected chi connectivity index (χ1v) is 6.65. The van der Waals surface area contributed by atoms with Crippen LogP contribution in [0.25, 0.3) is 0 Å². The summed E-state index contributed by atoms with van der Waals surface area (Å²) in [6.45, 7) is 9.68. The number of hydrogen-bond donors (Lipinski definition) is 0. The Hall–Kier alpha value is 0. The van der Waals surface area contributed by atoms with Crippen LogP contribution in [0.15, 0.2) is 0 Å². The van der Waals surface area contributed by atoms with Gasteiger partial charge < -0.3 is 0 Å². The van der Waals surface area contributed by atoms with Crippen LogP contribution in [0.5, 0.6) is 0 Å². The molecule has 0 aromatic carbocycles. The van der Waals surface area contributed by atoms with Crippen molar-refractivity contribution < 1.29 is 0 Å². The molecule has 0 aliphatic heterocycles. The van der Waals surface area contributed by atoms with Crippen LogP contribution in [0, 0.1) is 35.5 Å². The van der Waals surface area contributed by atoms with E-state index in [1.54, 1.807) is 6.42 Å². The highest BCUT2D eigenvalue weighted by Gasteiger charge is 2.46. The van der Waals surface area contributed by atoms with Gasteiger partial charge in [0.25, 0.3) is 0 Å². The van der Waals surface area contributed by atoms with Gasteiger partial charge in [0, 0.05) is 0 Å². The van der Waals surface area contributed by atoms with Gasteiger partial charge in [-0.1, -0.05) is 40.5 Å². The Morgan fingerprint density at radius 3 is 2.21 bits per heavy atom. The molecule has 0 amide bonds. The number of rotatable bonds is 5. The van der Waals surface area contributed by atoms with E-state index in [0.717, 1.165) is 35.5 Å². The van der Waals surface area contributed by atoms with E-state index in [1.807, 2.05) is 0 Å². The van der Waals surface area contributed by atoms with Crippen LogP contribution in [-0.2, 0) is 0 Å². The van der Waals surface area contributed by atoms with E-state index in [-0.39, 0.29) is 0 Å². The van der Waals surface area contributed by atoms with Crippen LogP contribution in [0.1, 0.15) is 53.4 Å². The molecule has 5 unspecified atom stereocenters. The monoisotopic (exact) mass is 194 g/mol. The molecule has 2 saturated carbocycles. The molecule has 0 saturated heterocycles. The zero-order chi connectivity index (χ0) is 10.3. The normalized spacial score (nSPS) is 47.6. The average molecular weight is 194 g/mol. The molecule has 2 aliphatic rings. The van der Waals surface area contributed by atoms with Gasteiger partial charge in [0.2, 0.25) is 0 Å². The van der Waals surface area contributed by atoms with Gasteiger partial charge in [0.1, 0.15) is 0 Å². The van der Waals surface area contributed by atoms with E-state index in [0.29, 0.717) is 0 Å². The Morgan fingerprint density at radius 2 is 1.79 bits per heavy atom. The van der Waals surface area contributed by atoms with Crippen LogP contribution in [-0.4, -0.2) is 0 Å². The maximum Gasteiger partial charge on any atom is -0.0332 e. The van der Waals surface area contributed by atoms with Crippen LogP contribution < -0.4 is 0 Å². The van der Waals surface area contributed by atoms with Crippen molar-refractivity contribution in [3.8, 4) is 0 Å². The first-order valence-electron chi connectivity index (χ1n) is 6.65. The van der Waals surface area contributed by atoms with Gasteiger partial charge >= 0.3 is 0 Å². The van der Waals surface area contributed by atoms with E-state index >= 15 is 0 Å². The smallest absolute Gasteiger partial charge is 0.0332 e. The van der Waals surface area contributed by atoms with Gasteiger partial charge in [-0.2, -0.15) is 0 Å². The first kappa shape index (κ1) is 10.5. The van der Waals surface area contributed by atoms with Gasteiger partial charge in [-0.15, -0.1) is 0 Å². The van der Waals surface area contributed by atoms with Crippen LogP contribution in [0.3, 0.4) is 0 Å². The summed E-state index contributed by atoms with van der Waals surface area (Å²) in [4.78, 5) is 0. The highest BCUT2D eigenvalue weighted by molar-refractivity contribution is 4.94. The SMILES string of the molecule is CCC1CC1CCC(C)C1C(C)C1C. The van der Waals surface area contributed by atoms with Crippen molar-refractivity contribution in [2.24, 2.45) is 35.5 Å². The Bertz CT molecular complexity index is 188. The summed E-state index contributed by atoms with van der Waals surface area (Å²) in [7, 11) is 0. The van der Waals surface area contributed by atoms with Crippen LogP contribution in [0.2, 0.25) is 0 Å². The highest BCUT2D eigenvalue weighted by atomic mass is 14.5. The maximum absolute atomic E-state index is 2.48. The van der Waals surface area contributed by atoms with Gasteiger partial charge in [0.05, 0.1) is 0 Å². The van der Waals surface area contributed by atoms with E-state index in [9.17, 15) is 0 Å². The molecule has 0 N–H and O–H groups in total. The highest BCUT2D eigenvalue weighted by Crippen LogP contribution is 2.53. The summed E-state index contributed by atoms with van der Waals surface area (Å²) in [5.74, 6) is 6.33. The molecule has 5 atom stereocenters. The lowest BCUT2D eigenvalue weighted by Gasteiger charge is -2.10. The Morgan fingerprint density at radius 1 is 1.14 bits per heavy atom. The molecule has 0 heterocycles. The minimum Gasteiger partial charge on any atom is -0.0651 e. The summed E-state index contributed by atoms with van der Waals surface area (Å²) in [6.07, 6.45) is 5.99. The minimum absolute atomic E-state index is 0.998. The zero-order valence-corrected chi connectivity index (χ0v) is 10.3. The Labute approximate surface area is 89.5 Å². The lowest BCUT2D eigenvalue weighted by Crippen LogP contribution is -2.00. The van der Waals surface area contributed by atoms with Crippen LogP contribution in [0.4, 0.5) is 0 Å². The molecule has 2 aliphatic carbocycles. The van der Waals surface area contributed by atoms with E-state index in [2.05, 4.69) is 27.7 Å². The van der Waals surface area contributed by atoms with E-state index in [1.165, 1.54) is 19.3 Å². The van der Waals surface area contributed by atoms with Crippen molar-refractivity contribution in [1.82, 2.24) is 0 Å². The molecular formula is C14H26. The third kappa shape index (κ3) is 1.99. The largest absolute Gasteiger partial charge is 0.0651 e. The molecule has 0 heteroatoms. The summed E-state index contributed by atoms with van der Waals surface area (Å²) in [5.41, 5.74) is 0.